The van der Waals surface area contributed by atoms with Crippen molar-refractivity contribution in [2.75, 3.05) is 6.54 Å². The van der Waals surface area contributed by atoms with E-state index in [0.717, 1.165) is 18.2 Å². The maximum atomic E-state index is 14.1. The second-order valence-corrected chi connectivity index (χ2v) is 7.80. The average Bonchev–Trinajstić information content (AvgIpc) is 2.65. The van der Waals surface area contributed by atoms with Crippen LogP contribution in [-0.2, 0) is 11.3 Å². The summed E-state index contributed by atoms with van der Waals surface area (Å²) in [5.41, 5.74) is -0.435. The van der Waals surface area contributed by atoms with E-state index in [9.17, 15) is 22.8 Å². The molecule has 2 aromatic rings. The normalized spacial score (nSPS) is 12.0. The lowest BCUT2D eigenvalue weighted by Crippen LogP contribution is -2.51. The van der Waals surface area contributed by atoms with Gasteiger partial charge in [-0.05, 0) is 43.2 Å². The first-order valence-electron chi connectivity index (χ1n) is 9.13. The van der Waals surface area contributed by atoms with E-state index >= 15 is 0 Å². The lowest BCUT2D eigenvalue weighted by Gasteiger charge is -2.29. The van der Waals surface area contributed by atoms with Gasteiger partial charge in [0, 0.05) is 23.1 Å². The summed E-state index contributed by atoms with van der Waals surface area (Å²) in [6, 6.07) is 6.48. The van der Waals surface area contributed by atoms with Gasteiger partial charge < -0.3 is 10.2 Å². The Bertz CT molecular complexity index is 885. The summed E-state index contributed by atoms with van der Waals surface area (Å²) in [5.74, 6) is -4.33. The zero-order valence-corrected chi connectivity index (χ0v) is 17.9. The Morgan fingerprint density at radius 2 is 1.69 bits per heavy atom. The molecule has 0 aliphatic heterocycles. The van der Waals surface area contributed by atoms with Crippen LogP contribution in [0.1, 0.15) is 36.7 Å². The molecule has 0 spiro atoms. The quantitative estimate of drug-likeness (QED) is 0.639. The van der Waals surface area contributed by atoms with Gasteiger partial charge in [-0.25, -0.2) is 13.2 Å². The maximum absolute atomic E-state index is 14.1. The summed E-state index contributed by atoms with van der Waals surface area (Å²) in [4.78, 5) is 26.9. The highest BCUT2D eigenvalue weighted by Crippen LogP contribution is 2.19. The first kappa shape index (κ1) is 22.9. The van der Waals surface area contributed by atoms with Crippen LogP contribution in [0.5, 0.6) is 0 Å². The number of likely N-dealkylation sites (N-methyl/N-ethyl adjacent to an activating group) is 1. The van der Waals surface area contributed by atoms with E-state index < -0.39 is 40.9 Å². The van der Waals surface area contributed by atoms with Crippen LogP contribution in [-0.4, -0.2) is 29.3 Å². The molecule has 0 bridgehead atoms. The third-order valence-corrected chi connectivity index (χ3v) is 4.96. The van der Waals surface area contributed by atoms with Crippen molar-refractivity contribution in [3.63, 3.8) is 0 Å². The highest BCUT2D eigenvalue weighted by molar-refractivity contribution is 9.10. The monoisotopic (exact) mass is 470 g/mol. The van der Waals surface area contributed by atoms with Gasteiger partial charge in [-0.1, -0.05) is 35.8 Å². The van der Waals surface area contributed by atoms with Crippen molar-refractivity contribution in [1.82, 2.24) is 10.2 Å². The number of nitrogens with one attached hydrogen (secondary N) is 1. The van der Waals surface area contributed by atoms with Crippen molar-refractivity contribution >= 4 is 27.7 Å². The fourth-order valence-electron chi connectivity index (χ4n) is 2.85. The number of hydrogen-bond donors (Lipinski definition) is 1. The summed E-state index contributed by atoms with van der Waals surface area (Å²) in [6.07, 6.45) is 0. The molecule has 156 valence electrons. The Morgan fingerprint density at radius 3 is 2.24 bits per heavy atom. The average molecular weight is 471 g/mol. The SMILES string of the molecule is CCN(Cc1cc(Br)ccc1F)C(=O)[C@@H](NC(=O)c1c(F)cccc1F)C(C)C. The maximum Gasteiger partial charge on any atom is 0.257 e. The number of nitrogens with zero attached hydrogens (tertiary/aromatic N) is 1. The van der Waals surface area contributed by atoms with Gasteiger partial charge in [0.2, 0.25) is 5.91 Å². The molecule has 0 aliphatic carbocycles. The molecule has 8 heteroatoms. The van der Waals surface area contributed by atoms with Crippen molar-refractivity contribution in [2.45, 2.75) is 33.4 Å². The molecule has 2 amide bonds. The topological polar surface area (TPSA) is 49.4 Å². The summed E-state index contributed by atoms with van der Waals surface area (Å²) in [7, 11) is 0. The lowest BCUT2D eigenvalue weighted by atomic mass is 10.0. The smallest absolute Gasteiger partial charge is 0.257 e. The number of hydrogen-bond acceptors (Lipinski definition) is 2. The third-order valence-electron chi connectivity index (χ3n) is 4.47. The molecule has 0 aromatic heterocycles. The summed E-state index contributed by atoms with van der Waals surface area (Å²) < 4.78 is 42.6. The van der Waals surface area contributed by atoms with Crippen molar-refractivity contribution in [2.24, 2.45) is 5.92 Å². The molecule has 29 heavy (non-hydrogen) atoms. The molecule has 0 saturated carbocycles. The molecule has 1 atom stereocenters. The molecule has 1 N–H and O–H groups in total. The Balaban J connectivity index is 2.25. The van der Waals surface area contributed by atoms with Crippen molar-refractivity contribution in [3.8, 4) is 0 Å². The van der Waals surface area contributed by atoms with Crippen molar-refractivity contribution < 1.29 is 22.8 Å². The first-order valence-corrected chi connectivity index (χ1v) is 9.92. The van der Waals surface area contributed by atoms with E-state index in [1.807, 2.05) is 0 Å². The Kier molecular flexibility index (Phi) is 7.84. The summed E-state index contributed by atoms with van der Waals surface area (Å²) in [5, 5.41) is 2.43. The minimum atomic E-state index is -1.03. The van der Waals surface area contributed by atoms with Gasteiger partial charge in [-0.15, -0.1) is 0 Å². The molecule has 0 heterocycles. The third kappa shape index (κ3) is 5.59. The van der Waals surface area contributed by atoms with Crippen LogP contribution in [0.4, 0.5) is 13.2 Å². The van der Waals surface area contributed by atoms with Crippen LogP contribution in [0, 0.1) is 23.4 Å². The Morgan fingerprint density at radius 1 is 1.07 bits per heavy atom. The van der Waals surface area contributed by atoms with E-state index in [4.69, 9.17) is 0 Å². The standard InChI is InChI=1S/C21H22BrF3N2O2/c1-4-27(11-13-10-14(22)8-9-15(13)23)21(29)19(12(2)3)26-20(28)18-16(24)6-5-7-17(18)25/h5-10,12,19H,4,11H2,1-3H3,(H,26,28)/t19-/m0/s1. The van der Waals surface area contributed by atoms with Gasteiger partial charge in [0.1, 0.15) is 29.1 Å². The highest BCUT2D eigenvalue weighted by Gasteiger charge is 2.30. The fourth-order valence-corrected chi connectivity index (χ4v) is 3.26. The van der Waals surface area contributed by atoms with Crippen molar-refractivity contribution in [1.29, 1.82) is 0 Å². The van der Waals surface area contributed by atoms with Crippen LogP contribution >= 0.6 is 15.9 Å². The number of carbonyl (C=O) groups is 2. The predicted octanol–water partition coefficient (Wildman–Crippen LogP) is 4.67. The minimum Gasteiger partial charge on any atom is -0.340 e. The van der Waals surface area contributed by atoms with E-state index in [1.54, 1.807) is 32.9 Å². The van der Waals surface area contributed by atoms with Crippen molar-refractivity contribution in [3.05, 3.63) is 69.4 Å². The molecule has 0 aliphatic rings. The van der Waals surface area contributed by atoms with Gasteiger partial charge in [0.05, 0.1) is 0 Å². The summed E-state index contributed by atoms with van der Waals surface area (Å²) >= 11 is 3.27. The summed E-state index contributed by atoms with van der Waals surface area (Å²) in [6.45, 7) is 5.39. The number of carbonyl (C=O) groups excluding carboxylic acids is 2. The van der Waals surface area contributed by atoms with E-state index in [0.29, 0.717) is 10.0 Å². The highest BCUT2D eigenvalue weighted by atomic mass is 79.9. The molecular weight excluding hydrogens is 449 g/mol. The number of rotatable bonds is 7. The molecule has 4 nitrogen and oxygen atoms in total. The largest absolute Gasteiger partial charge is 0.340 e. The lowest BCUT2D eigenvalue weighted by molar-refractivity contribution is -0.134. The van der Waals surface area contributed by atoms with Gasteiger partial charge in [-0.2, -0.15) is 0 Å². The molecule has 0 radical (unpaired) electrons. The van der Waals surface area contributed by atoms with Crippen LogP contribution < -0.4 is 5.32 Å². The number of amides is 2. The zero-order valence-electron chi connectivity index (χ0n) is 16.3. The van der Waals surface area contributed by atoms with E-state index in [2.05, 4.69) is 21.2 Å². The van der Waals surface area contributed by atoms with Gasteiger partial charge in [-0.3, -0.25) is 9.59 Å². The molecule has 0 saturated heterocycles. The predicted molar refractivity (Wildman–Crippen MR) is 108 cm³/mol. The van der Waals surface area contributed by atoms with Gasteiger partial charge in [0.15, 0.2) is 0 Å². The van der Waals surface area contributed by atoms with Crippen LogP contribution in [0.15, 0.2) is 40.9 Å². The zero-order chi connectivity index (χ0) is 21.7. The molecule has 2 aromatic carbocycles. The first-order chi connectivity index (χ1) is 13.6. The Hall–Kier alpha value is -2.35. The van der Waals surface area contributed by atoms with Crippen LogP contribution in [0.3, 0.4) is 0 Å². The van der Waals surface area contributed by atoms with E-state index in [1.165, 1.54) is 11.0 Å². The molecule has 0 unspecified atom stereocenters. The van der Waals surface area contributed by atoms with Gasteiger partial charge >= 0.3 is 0 Å². The Labute approximate surface area is 176 Å². The molecule has 2 rings (SSSR count). The second kappa shape index (κ2) is 9.91. The number of benzene rings is 2. The fraction of sp³-hybridized carbons (Fsp3) is 0.333. The van der Waals surface area contributed by atoms with Gasteiger partial charge in [0.25, 0.3) is 5.91 Å². The van der Waals surface area contributed by atoms with E-state index in [-0.39, 0.29) is 19.0 Å². The minimum absolute atomic E-state index is 0.00619. The van der Waals surface area contributed by atoms with Crippen LogP contribution in [0.25, 0.3) is 0 Å². The molecular formula is C21H22BrF3N2O2. The second-order valence-electron chi connectivity index (χ2n) is 6.88. The molecule has 0 fully saturated rings. The number of halogens is 4. The van der Waals surface area contributed by atoms with Crippen LogP contribution in [0.2, 0.25) is 0 Å².